The van der Waals surface area contributed by atoms with Crippen molar-refractivity contribution in [3.63, 3.8) is 0 Å². The van der Waals surface area contributed by atoms with Crippen molar-refractivity contribution >= 4 is 17.3 Å². The molecule has 98 valence electrons. The van der Waals surface area contributed by atoms with E-state index in [9.17, 15) is 0 Å². The highest BCUT2D eigenvalue weighted by Gasteiger charge is 2.16. The first-order valence-corrected chi connectivity index (χ1v) is 6.11. The molecule has 2 aromatic rings. The van der Waals surface area contributed by atoms with Crippen LogP contribution in [0, 0.1) is 19.3 Å². The second-order valence-corrected chi connectivity index (χ2v) is 4.59. The Kier molecular flexibility index (Phi) is 3.51. The lowest BCUT2D eigenvalue weighted by molar-refractivity contribution is 1.09. The molecule has 0 bridgehead atoms. The summed E-state index contributed by atoms with van der Waals surface area (Å²) in [6.45, 7) is 3.99. The molecule has 0 saturated heterocycles. The van der Waals surface area contributed by atoms with Gasteiger partial charge >= 0.3 is 0 Å². The van der Waals surface area contributed by atoms with E-state index in [4.69, 9.17) is 11.1 Å². The summed E-state index contributed by atoms with van der Waals surface area (Å²) in [6, 6.07) is 9.94. The Morgan fingerprint density at radius 2 is 1.84 bits per heavy atom. The summed E-state index contributed by atoms with van der Waals surface area (Å²) in [4.78, 5) is 6.35. The van der Waals surface area contributed by atoms with Gasteiger partial charge in [0.05, 0.1) is 5.56 Å². The molecule has 0 radical (unpaired) electrons. The van der Waals surface area contributed by atoms with Gasteiger partial charge in [-0.1, -0.05) is 18.2 Å². The fourth-order valence-electron chi connectivity index (χ4n) is 2.18. The average molecular weight is 254 g/mol. The van der Waals surface area contributed by atoms with E-state index in [1.54, 1.807) is 6.20 Å². The predicted molar refractivity (Wildman–Crippen MR) is 79.2 cm³/mol. The molecule has 0 unspecified atom stereocenters. The number of hydrogen-bond donors (Lipinski definition) is 2. The molecule has 0 fully saturated rings. The van der Waals surface area contributed by atoms with Crippen LogP contribution in [0.2, 0.25) is 0 Å². The van der Waals surface area contributed by atoms with Crippen molar-refractivity contribution in [1.82, 2.24) is 4.98 Å². The molecule has 1 aromatic heterocycles. The van der Waals surface area contributed by atoms with E-state index in [1.807, 2.05) is 43.1 Å². The summed E-state index contributed by atoms with van der Waals surface area (Å²) in [7, 11) is 1.94. The van der Waals surface area contributed by atoms with Gasteiger partial charge in [0.15, 0.2) is 0 Å². The predicted octanol–water partition coefficient (Wildman–Crippen LogP) is 2.75. The molecule has 0 atom stereocenters. The van der Waals surface area contributed by atoms with Crippen LogP contribution in [-0.4, -0.2) is 17.9 Å². The summed E-state index contributed by atoms with van der Waals surface area (Å²) < 4.78 is 0. The zero-order valence-corrected chi connectivity index (χ0v) is 11.4. The maximum atomic E-state index is 7.74. The van der Waals surface area contributed by atoms with Crippen LogP contribution in [0.1, 0.15) is 16.7 Å². The quantitative estimate of drug-likeness (QED) is 0.654. The number of anilines is 2. The number of pyridine rings is 1. The first-order chi connectivity index (χ1) is 9.02. The zero-order valence-electron chi connectivity index (χ0n) is 11.4. The first kappa shape index (κ1) is 13.1. The number of benzene rings is 1. The zero-order chi connectivity index (χ0) is 14.0. The molecule has 0 amide bonds. The van der Waals surface area contributed by atoms with E-state index >= 15 is 0 Å². The van der Waals surface area contributed by atoms with Crippen LogP contribution in [0.3, 0.4) is 0 Å². The minimum Gasteiger partial charge on any atom is -0.384 e. The summed E-state index contributed by atoms with van der Waals surface area (Å²) in [5.41, 5.74) is 9.54. The first-order valence-electron chi connectivity index (χ1n) is 6.11. The van der Waals surface area contributed by atoms with Crippen LogP contribution >= 0.6 is 0 Å². The lowest BCUT2D eigenvalue weighted by Crippen LogP contribution is -2.21. The topological polar surface area (TPSA) is 66.0 Å². The van der Waals surface area contributed by atoms with Crippen molar-refractivity contribution in [1.29, 1.82) is 5.41 Å². The van der Waals surface area contributed by atoms with Gasteiger partial charge in [-0.3, -0.25) is 5.41 Å². The number of aryl methyl sites for hydroxylation is 2. The van der Waals surface area contributed by atoms with E-state index < -0.39 is 0 Å². The summed E-state index contributed by atoms with van der Waals surface area (Å²) in [5.74, 6) is 0.753. The summed E-state index contributed by atoms with van der Waals surface area (Å²) >= 11 is 0. The normalized spacial score (nSPS) is 10.3. The summed E-state index contributed by atoms with van der Waals surface area (Å²) in [6.07, 6.45) is 1.74. The number of nitrogen functional groups attached to an aromatic ring is 1. The third kappa shape index (κ3) is 2.42. The van der Waals surface area contributed by atoms with Gasteiger partial charge in [0.25, 0.3) is 0 Å². The van der Waals surface area contributed by atoms with Crippen LogP contribution in [0.5, 0.6) is 0 Å². The minimum atomic E-state index is 0.0426. The van der Waals surface area contributed by atoms with Crippen molar-refractivity contribution in [3.05, 3.63) is 53.2 Å². The van der Waals surface area contributed by atoms with Gasteiger partial charge in [0.1, 0.15) is 11.7 Å². The Bertz CT molecular complexity index is 619. The molecule has 0 spiro atoms. The van der Waals surface area contributed by atoms with Gasteiger partial charge < -0.3 is 10.6 Å². The van der Waals surface area contributed by atoms with Crippen molar-refractivity contribution in [2.75, 3.05) is 11.9 Å². The molecule has 1 heterocycles. The standard InChI is InChI=1S/C15H18N4/c1-10-6-4-5-7-12(10)19(3)15-13(14(16)17)11(2)8-9-18-15/h4-9H,1-3H3,(H3,16,17). The van der Waals surface area contributed by atoms with Crippen LogP contribution in [0.15, 0.2) is 36.5 Å². The molecule has 0 aliphatic heterocycles. The third-order valence-electron chi connectivity index (χ3n) is 3.20. The number of nitrogens with zero attached hydrogens (tertiary/aromatic N) is 2. The van der Waals surface area contributed by atoms with E-state index in [0.717, 1.165) is 16.8 Å². The Morgan fingerprint density at radius 3 is 2.47 bits per heavy atom. The molecular formula is C15H18N4. The Morgan fingerprint density at radius 1 is 1.16 bits per heavy atom. The van der Waals surface area contributed by atoms with Gasteiger partial charge in [-0.15, -0.1) is 0 Å². The van der Waals surface area contributed by atoms with E-state index in [0.29, 0.717) is 11.4 Å². The van der Waals surface area contributed by atoms with Gasteiger partial charge in [0, 0.05) is 18.9 Å². The number of aromatic nitrogens is 1. The van der Waals surface area contributed by atoms with E-state index in [2.05, 4.69) is 18.0 Å². The fourth-order valence-corrected chi connectivity index (χ4v) is 2.18. The highest BCUT2D eigenvalue weighted by molar-refractivity contribution is 6.01. The Labute approximate surface area is 113 Å². The largest absolute Gasteiger partial charge is 0.384 e. The van der Waals surface area contributed by atoms with Gasteiger partial charge in [-0.2, -0.15) is 0 Å². The molecular weight excluding hydrogens is 236 g/mol. The van der Waals surface area contributed by atoms with Gasteiger partial charge in [0.2, 0.25) is 0 Å². The lowest BCUT2D eigenvalue weighted by atomic mass is 10.1. The van der Waals surface area contributed by atoms with E-state index in [-0.39, 0.29) is 5.84 Å². The van der Waals surface area contributed by atoms with Crippen molar-refractivity contribution in [2.24, 2.45) is 5.73 Å². The maximum absolute atomic E-state index is 7.74. The lowest BCUT2D eigenvalue weighted by Gasteiger charge is -2.23. The van der Waals surface area contributed by atoms with Gasteiger partial charge in [-0.05, 0) is 37.1 Å². The summed E-state index contributed by atoms with van der Waals surface area (Å²) in [5, 5.41) is 7.74. The SMILES string of the molecule is Cc1ccccc1N(C)c1nccc(C)c1C(=N)N. The second kappa shape index (κ2) is 5.10. The molecule has 0 aliphatic carbocycles. The molecule has 0 aliphatic rings. The van der Waals surface area contributed by atoms with Crippen molar-refractivity contribution < 1.29 is 0 Å². The molecule has 3 N–H and O–H groups in total. The Hall–Kier alpha value is -2.36. The fraction of sp³-hybridized carbons (Fsp3) is 0.200. The van der Waals surface area contributed by atoms with E-state index in [1.165, 1.54) is 0 Å². The number of nitrogens with two attached hydrogens (primary N) is 1. The number of para-hydroxylation sites is 1. The van der Waals surface area contributed by atoms with Crippen LogP contribution < -0.4 is 10.6 Å². The monoisotopic (exact) mass is 254 g/mol. The highest BCUT2D eigenvalue weighted by atomic mass is 15.2. The van der Waals surface area contributed by atoms with Crippen LogP contribution in [0.4, 0.5) is 11.5 Å². The number of rotatable bonds is 3. The average Bonchev–Trinajstić information content (AvgIpc) is 2.37. The second-order valence-electron chi connectivity index (χ2n) is 4.59. The Balaban J connectivity index is 2.57. The number of hydrogen-bond acceptors (Lipinski definition) is 3. The maximum Gasteiger partial charge on any atom is 0.143 e. The highest BCUT2D eigenvalue weighted by Crippen LogP contribution is 2.28. The molecule has 2 rings (SSSR count). The van der Waals surface area contributed by atoms with Crippen LogP contribution in [0.25, 0.3) is 0 Å². The number of amidine groups is 1. The van der Waals surface area contributed by atoms with Crippen molar-refractivity contribution in [3.8, 4) is 0 Å². The molecule has 0 saturated carbocycles. The van der Waals surface area contributed by atoms with Gasteiger partial charge in [-0.25, -0.2) is 4.98 Å². The molecule has 1 aromatic carbocycles. The molecule has 4 heteroatoms. The van der Waals surface area contributed by atoms with Crippen LogP contribution in [-0.2, 0) is 0 Å². The smallest absolute Gasteiger partial charge is 0.143 e. The third-order valence-corrected chi connectivity index (χ3v) is 3.20. The van der Waals surface area contributed by atoms with Crippen molar-refractivity contribution in [2.45, 2.75) is 13.8 Å². The number of nitrogens with one attached hydrogen (secondary N) is 1. The molecule has 19 heavy (non-hydrogen) atoms. The molecule has 4 nitrogen and oxygen atoms in total. The minimum absolute atomic E-state index is 0.0426.